The molecule has 142 valence electrons. The minimum absolute atomic E-state index is 0.345. The summed E-state index contributed by atoms with van der Waals surface area (Å²) >= 11 is 0. The van der Waals surface area contributed by atoms with Gasteiger partial charge in [0, 0.05) is 0 Å². The number of fused-ring (bicyclic) bond motifs is 1. The molecule has 0 spiro atoms. The van der Waals surface area contributed by atoms with Crippen molar-refractivity contribution in [2.24, 2.45) is 5.92 Å². The number of carbonyl (C=O) groups is 1. The highest BCUT2D eigenvalue weighted by Gasteiger charge is 2.17. The summed E-state index contributed by atoms with van der Waals surface area (Å²) in [5.74, 6) is 1.09. The van der Waals surface area contributed by atoms with Gasteiger partial charge in [-0.3, -0.25) is 0 Å². The maximum atomic E-state index is 12.2. The monoisotopic (exact) mass is 356 g/mol. The van der Waals surface area contributed by atoms with Crippen LogP contribution in [0.15, 0.2) is 36.4 Å². The molecule has 0 saturated carbocycles. The Morgan fingerprint density at radius 3 is 2.35 bits per heavy atom. The third-order valence-electron chi connectivity index (χ3n) is 4.71. The predicted octanol–water partition coefficient (Wildman–Crippen LogP) is 6.39. The molecule has 2 rings (SSSR count). The van der Waals surface area contributed by atoms with Crippen LogP contribution in [0.2, 0.25) is 0 Å². The second kappa shape index (κ2) is 10.8. The van der Waals surface area contributed by atoms with E-state index in [1.54, 1.807) is 0 Å². The third-order valence-corrected chi connectivity index (χ3v) is 4.71. The van der Waals surface area contributed by atoms with Crippen LogP contribution >= 0.6 is 0 Å². The summed E-state index contributed by atoms with van der Waals surface area (Å²) in [4.78, 5) is 12.2. The van der Waals surface area contributed by atoms with E-state index in [0.29, 0.717) is 17.9 Å². The molecule has 0 fully saturated rings. The Morgan fingerprint density at radius 1 is 0.923 bits per heavy atom. The Balaban J connectivity index is 1.82. The SMILES string of the molecule is COC(=O)c1c(OCCCCCCCCC(C)C)ccc2ccccc12. The van der Waals surface area contributed by atoms with Crippen LogP contribution in [0.25, 0.3) is 10.8 Å². The highest BCUT2D eigenvalue weighted by atomic mass is 16.5. The summed E-state index contributed by atoms with van der Waals surface area (Å²) in [5.41, 5.74) is 0.527. The van der Waals surface area contributed by atoms with Crippen molar-refractivity contribution in [1.29, 1.82) is 0 Å². The molecule has 3 nitrogen and oxygen atoms in total. The van der Waals surface area contributed by atoms with E-state index in [-0.39, 0.29) is 5.97 Å². The molecule has 0 bridgehead atoms. The number of unbranched alkanes of at least 4 members (excludes halogenated alkanes) is 5. The number of carbonyl (C=O) groups excluding carboxylic acids is 1. The Labute approximate surface area is 157 Å². The molecule has 0 heterocycles. The lowest BCUT2D eigenvalue weighted by molar-refractivity contribution is 0.0598. The maximum absolute atomic E-state index is 12.2. The molecular weight excluding hydrogens is 324 g/mol. The molecule has 2 aromatic rings. The molecule has 26 heavy (non-hydrogen) atoms. The highest BCUT2D eigenvalue weighted by Crippen LogP contribution is 2.29. The molecule has 0 unspecified atom stereocenters. The molecule has 0 aromatic heterocycles. The van der Waals surface area contributed by atoms with Gasteiger partial charge >= 0.3 is 5.97 Å². The van der Waals surface area contributed by atoms with E-state index >= 15 is 0 Å². The van der Waals surface area contributed by atoms with Gasteiger partial charge in [-0.25, -0.2) is 4.79 Å². The Bertz CT molecular complexity index is 691. The van der Waals surface area contributed by atoms with Crippen LogP contribution in [0.3, 0.4) is 0 Å². The molecule has 0 N–H and O–H groups in total. The van der Waals surface area contributed by atoms with E-state index in [1.165, 1.54) is 45.6 Å². The smallest absolute Gasteiger partial charge is 0.342 e. The second-order valence-corrected chi connectivity index (χ2v) is 7.30. The lowest BCUT2D eigenvalue weighted by atomic mass is 10.0. The minimum Gasteiger partial charge on any atom is -0.493 e. The van der Waals surface area contributed by atoms with E-state index in [9.17, 15) is 4.79 Å². The van der Waals surface area contributed by atoms with Gasteiger partial charge in [0.2, 0.25) is 0 Å². The van der Waals surface area contributed by atoms with E-state index < -0.39 is 0 Å². The molecule has 0 radical (unpaired) electrons. The first-order valence-electron chi connectivity index (χ1n) is 9.86. The number of hydrogen-bond acceptors (Lipinski definition) is 3. The van der Waals surface area contributed by atoms with Gasteiger partial charge in [-0.2, -0.15) is 0 Å². The van der Waals surface area contributed by atoms with Crippen molar-refractivity contribution in [3.8, 4) is 5.75 Å². The van der Waals surface area contributed by atoms with Crippen molar-refractivity contribution < 1.29 is 14.3 Å². The Kier molecular flexibility index (Phi) is 8.46. The van der Waals surface area contributed by atoms with Gasteiger partial charge in [0.15, 0.2) is 0 Å². The van der Waals surface area contributed by atoms with Crippen LogP contribution in [0, 0.1) is 5.92 Å². The lowest BCUT2D eigenvalue weighted by Gasteiger charge is -2.13. The Hall–Kier alpha value is -2.03. The lowest BCUT2D eigenvalue weighted by Crippen LogP contribution is -2.07. The maximum Gasteiger partial charge on any atom is 0.342 e. The molecule has 0 aliphatic heterocycles. The molecular formula is C23H32O3. The molecule has 0 aliphatic rings. The zero-order valence-corrected chi connectivity index (χ0v) is 16.4. The van der Waals surface area contributed by atoms with Crippen molar-refractivity contribution in [1.82, 2.24) is 0 Å². The van der Waals surface area contributed by atoms with E-state index in [2.05, 4.69) is 13.8 Å². The van der Waals surface area contributed by atoms with Gasteiger partial charge in [-0.1, -0.05) is 82.7 Å². The van der Waals surface area contributed by atoms with E-state index in [0.717, 1.165) is 23.1 Å². The van der Waals surface area contributed by atoms with Crippen LogP contribution < -0.4 is 4.74 Å². The first-order valence-corrected chi connectivity index (χ1v) is 9.86. The molecule has 2 aromatic carbocycles. The number of esters is 1. The van der Waals surface area contributed by atoms with E-state index in [4.69, 9.17) is 9.47 Å². The van der Waals surface area contributed by atoms with Crippen molar-refractivity contribution in [2.75, 3.05) is 13.7 Å². The first kappa shape index (κ1) is 20.3. The number of rotatable bonds is 11. The summed E-state index contributed by atoms with van der Waals surface area (Å²) in [7, 11) is 1.41. The van der Waals surface area contributed by atoms with Crippen molar-refractivity contribution in [3.63, 3.8) is 0 Å². The van der Waals surface area contributed by atoms with Crippen LogP contribution in [-0.2, 0) is 4.74 Å². The summed E-state index contributed by atoms with van der Waals surface area (Å²) in [6, 6.07) is 11.7. The van der Waals surface area contributed by atoms with Crippen molar-refractivity contribution in [3.05, 3.63) is 42.0 Å². The van der Waals surface area contributed by atoms with Gasteiger partial charge in [0.1, 0.15) is 11.3 Å². The summed E-state index contributed by atoms with van der Waals surface area (Å²) in [5, 5.41) is 1.89. The van der Waals surface area contributed by atoms with Crippen LogP contribution in [-0.4, -0.2) is 19.7 Å². The van der Waals surface area contributed by atoms with Crippen LogP contribution in [0.5, 0.6) is 5.75 Å². The quantitative estimate of drug-likeness (QED) is 0.345. The first-order chi connectivity index (χ1) is 12.6. The molecule has 0 atom stereocenters. The fourth-order valence-electron chi connectivity index (χ4n) is 3.23. The summed E-state index contributed by atoms with van der Waals surface area (Å²) in [6.07, 6.45) is 8.74. The summed E-state index contributed by atoms with van der Waals surface area (Å²) < 4.78 is 10.9. The number of benzene rings is 2. The van der Waals surface area contributed by atoms with Gasteiger partial charge in [-0.05, 0) is 29.2 Å². The third kappa shape index (κ3) is 6.05. The molecule has 3 heteroatoms. The fourth-order valence-corrected chi connectivity index (χ4v) is 3.23. The van der Waals surface area contributed by atoms with Gasteiger partial charge < -0.3 is 9.47 Å². The van der Waals surface area contributed by atoms with Gasteiger partial charge in [0.05, 0.1) is 13.7 Å². The van der Waals surface area contributed by atoms with Crippen molar-refractivity contribution >= 4 is 16.7 Å². The van der Waals surface area contributed by atoms with Gasteiger partial charge in [0.25, 0.3) is 0 Å². The molecule has 0 amide bonds. The normalized spacial score (nSPS) is 11.1. The van der Waals surface area contributed by atoms with Crippen molar-refractivity contribution in [2.45, 2.75) is 58.8 Å². The number of methoxy groups -OCH3 is 1. The van der Waals surface area contributed by atoms with Crippen LogP contribution in [0.1, 0.15) is 69.2 Å². The average Bonchev–Trinajstić information content (AvgIpc) is 2.65. The zero-order valence-electron chi connectivity index (χ0n) is 16.4. The molecule has 0 saturated heterocycles. The predicted molar refractivity (Wildman–Crippen MR) is 108 cm³/mol. The van der Waals surface area contributed by atoms with Crippen LogP contribution in [0.4, 0.5) is 0 Å². The highest BCUT2D eigenvalue weighted by molar-refractivity contribution is 6.07. The molecule has 0 aliphatic carbocycles. The second-order valence-electron chi connectivity index (χ2n) is 7.30. The van der Waals surface area contributed by atoms with Gasteiger partial charge in [-0.15, -0.1) is 0 Å². The topological polar surface area (TPSA) is 35.5 Å². The fraction of sp³-hybridized carbons (Fsp3) is 0.522. The zero-order chi connectivity index (χ0) is 18.8. The number of ether oxygens (including phenoxy) is 2. The minimum atomic E-state index is -0.345. The largest absolute Gasteiger partial charge is 0.493 e. The summed E-state index contributed by atoms with van der Waals surface area (Å²) in [6.45, 7) is 5.20. The Morgan fingerprint density at radius 2 is 1.62 bits per heavy atom. The average molecular weight is 357 g/mol. The number of hydrogen-bond donors (Lipinski definition) is 0. The standard InChI is InChI=1S/C23H32O3/c1-18(2)12-8-6-4-5-7-11-17-26-21-16-15-19-13-9-10-14-20(19)22(21)23(24)25-3/h9-10,13-16,18H,4-8,11-12,17H2,1-3H3. The van der Waals surface area contributed by atoms with E-state index in [1.807, 2.05) is 36.4 Å².